The first kappa shape index (κ1) is 23.1. The third-order valence-corrected chi connectivity index (χ3v) is 5.22. The van der Waals surface area contributed by atoms with Crippen molar-refractivity contribution in [1.82, 2.24) is 4.98 Å². The summed E-state index contributed by atoms with van der Waals surface area (Å²) >= 11 is 0. The molecule has 0 aliphatic rings. The topological polar surface area (TPSA) is 106 Å². The van der Waals surface area contributed by atoms with Gasteiger partial charge in [-0.25, -0.2) is 8.42 Å². The van der Waals surface area contributed by atoms with Gasteiger partial charge in [0.05, 0.1) is 23.7 Å². The molecule has 2 aromatic rings. The van der Waals surface area contributed by atoms with Crippen molar-refractivity contribution in [3.05, 3.63) is 35.9 Å². The van der Waals surface area contributed by atoms with Crippen molar-refractivity contribution < 1.29 is 28.1 Å². The largest absolute Gasteiger partial charge is 0.477 e. The summed E-state index contributed by atoms with van der Waals surface area (Å²) in [6.45, 7) is 5.48. The van der Waals surface area contributed by atoms with Crippen LogP contribution in [-0.4, -0.2) is 48.7 Å². The van der Waals surface area contributed by atoms with Crippen LogP contribution in [0.15, 0.2) is 35.2 Å². The first-order valence-electron chi connectivity index (χ1n) is 9.48. The summed E-state index contributed by atoms with van der Waals surface area (Å²) in [4.78, 5) is 4.64. The lowest BCUT2D eigenvalue weighted by atomic mass is 10.0. The van der Waals surface area contributed by atoms with E-state index >= 15 is 0 Å². The van der Waals surface area contributed by atoms with Crippen LogP contribution in [0, 0.1) is 0 Å². The fourth-order valence-corrected chi connectivity index (χ4v) is 3.15. The molecular formula is C21H29NO6S. The summed E-state index contributed by atoms with van der Waals surface area (Å²) in [7, 11) is -3.31. The molecule has 0 radical (unpaired) electrons. The van der Waals surface area contributed by atoms with Gasteiger partial charge in [0.1, 0.15) is 6.61 Å². The van der Waals surface area contributed by atoms with Crippen molar-refractivity contribution in [2.75, 3.05) is 19.5 Å². The lowest BCUT2D eigenvalue weighted by Crippen LogP contribution is -2.28. The van der Waals surface area contributed by atoms with E-state index in [4.69, 9.17) is 9.47 Å². The molecule has 7 nitrogen and oxygen atoms in total. The van der Waals surface area contributed by atoms with Crippen molar-refractivity contribution in [3.8, 4) is 22.9 Å². The number of unbranched alkanes of at least 4 members (excludes halogenated alkanes) is 1. The van der Waals surface area contributed by atoms with Crippen LogP contribution < -0.4 is 9.47 Å². The Morgan fingerprint density at radius 3 is 2.28 bits per heavy atom. The van der Waals surface area contributed by atoms with E-state index in [1.807, 2.05) is 6.92 Å². The molecule has 0 bridgehead atoms. The van der Waals surface area contributed by atoms with Crippen LogP contribution in [0.1, 0.15) is 39.2 Å². The van der Waals surface area contributed by atoms with Crippen molar-refractivity contribution in [1.29, 1.82) is 0 Å². The highest BCUT2D eigenvalue weighted by atomic mass is 32.2. The first-order valence-corrected chi connectivity index (χ1v) is 11.4. The number of pyridine rings is 1. The number of benzene rings is 1. The number of hydrogen-bond acceptors (Lipinski definition) is 7. The second-order valence-electron chi connectivity index (χ2n) is 7.56. The molecule has 8 heteroatoms. The quantitative estimate of drug-likeness (QED) is 0.566. The highest BCUT2D eigenvalue weighted by Crippen LogP contribution is 2.34. The minimum Gasteiger partial charge on any atom is -0.477 e. The predicted molar refractivity (Wildman–Crippen MR) is 111 cm³/mol. The zero-order valence-electron chi connectivity index (χ0n) is 17.3. The van der Waals surface area contributed by atoms with Crippen LogP contribution in [0.25, 0.3) is 11.1 Å². The fourth-order valence-electron chi connectivity index (χ4n) is 2.52. The molecule has 1 aromatic carbocycles. The lowest BCUT2D eigenvalue weighted by Gasteiger charge is -2.20. The van der Waals surface area contributed by atoms with Gasteiger partial charge in [0.15, 0.2) is 9.84 Å². The van der Waals surface area contributed by atoms with Gasteiger partial charge in [-0.05, 0) is 44.0 Å². The maximum Gasteiger partial charge on any atom is 0.224 e. The normalized spacial score (nSPS) is 12.1. The van der Waals surface area contributed by atoms with Crippen LogP contribution >= 0.6 is 0 Å². The van der Waals surface area contributed by atoms with Gasteiger partial charge >= 0.3 is 0 Å². The van der Waals surface area contributed by atoms with E-state index in [-0.39, 0.29) is 29.9 Å². The molecule has 0 fully saturated rings. The monoisotopic (exact) mass is 423 g/mol. The molecule has 0 amide bonds. The van der Waals surface area contributed by atoms with Gasteiger partial charge in [0.2, 0.25) is 11.8 Å². The van der Waals surface area contributed by atoms with E-state index in [2.05, 4.69) is 4.98 Å². The molecular weight excluding hydrogens is 394 g/mol. The maximum absolute atomic E-state index is 11.7. The van der Waals surface area contributed by atoms with Gasteiger partial charge in [0, 0.05) is 17.4 Å². The minimum atomic E-state index is -3.31. The second kappa shape index (κ2) is 9.56. The third kappa shape index (κ3) is 6.69. The molecule has 0 saturated carbocycles. The summed E-state index contributed by atoms with van der Waals surface area (Å²) in [5.74, 6) is 0.520. The zero-order valence-corrected chi connectivity index (χ0v) is 18.1. The summed E-state index contributed by atoms with van der Waals surface area (Å²) < 4.78 is 34.9. The number of nitrogens with zero attached hydrogens (tertiary/aromatic N) is 1. The summed E-state index contributed by atoms with van der Waals surface area (Å²) in [5.41, 5.74) is 0.670. The highest BCUT2D eigenvalue weighted by Gasteiger charge is 2.20. The van der Waals surface area contributed by atoms with Crippen LogP contribution in [-0.2, 0) is 16.4 Å². The standard InChI is InChI=1S/C21H29NO6S/c1-5-6-11-27-19-16(13-23)12-18(20(22-19)28-14-21(2,3)24)15-7-9-17(10-8-15)29(4,25)26/h7-10,12,23-24H,5-6,11,13-14H2,1-4H3. The number of ether oxygens (including phenoxy) is 2. The summed E-state index contributed by atoms with van der Waals surface area (Å²) in [6, 6.07) is 8.04. The number of aromatic nitrogens is 1. The first-order chi connectivity index (χ1) is 13.5. The average molecular weight is 424 g/mol. The SMILES string of the molecule is CCCCOc1nc(OCC(C)(C)O)c(-c2ccc(S(C)(=O)=O)cc2)cc1CO. The maximum atomic E-state index is 11.7. The van der Waals surface area contributed by atoms with Crippen molar-refractivity contribution in [2.45, 2.75) is 50.7 Å². The zero-order chi connectivity index (χ0) is 21.7. The predicted octanol–water partition coefficient (Wildman–Crippen LogP) is 2.97. The number of aliphatic hydroxyl groups excluding tert-OH is 1. The molecule has 160 valence electrons. The van der Waals surface area contributed by atoms with E-state index in [0.717, 1.165) is 19.1 Å². The van der Waals surface area contributed by atoms with Gasteiger partial charge in [-0.15, -0.1) is 0 Å². The van der Waals surface area contributed by atoms with Gasteiger partial charge in [-0.2, -0.15) is 4.98 Å². The molecule has 0 saturated heterocycles. The van der Waals surface area contributed by atoms with E-state index in [9.17, 15) is 18.6 Å². The van der Waals surface area contributed by atoms with E-state index < -0.39 is 15.4 Å². The summed E-state index contributed by atoms with van der Waals surface area (Å²) in [6.07, 6.45) is 2.95. The highest BCUT2D eigenvalue weighted by molar-refractivity contribution is 7.90. The lowest BCUT2D eigenvalue weighted by molar-refractivity contribution is 0.0268. The molecule has 0 spiro atoms. The number of rotatable bonds is 10. The Bertz CT molecular complexity index is 917. The van der Waals surface area contributed by atoms with Crippen molar-refractivity contribution in [3.63, 3.8) is 0 Å². The minimum absolute atomic E-state index is 0.00128. The van der Waals surface area contributed by atoms with Crippen LogP contribution in [0.5, 0.6) is 11.8 Å². The number of aliphatic hydroxyl groups is 2. The molecule has 0 aliphatic heterocycles. The molecule has 2 rings (SSSR count). The summed E-state index contributed by atoms with van der Waals surface area (Å²) in [5, 5.41) is 19.8. The van der Waals surface area contributed by atoms with Gasteiger partial charge in [-0.1, -0.05) is 25.5 Å². The van der Waals surface area contributed by atoms with E-state index in [1.54, 1.807) is 32.0 Å². The fraction of sp³-hybridized carbons (Fsp3) is 0.476. The van der Waals surface area contributed by atoms with Gasteiger partial charge in [0.25, 0.3) is 0 Å². The van der Waals surface area contributed by atoms with Crippen molar-refractivity contribution >= 4 is 9.84 Å². The smallest absolute Gasteiger partial charge is 0.224 e. The van der Waals surface area contributed by atoms with Crippen LogP contribution in [0.4, 0.5) is 0 Å². The van der Waals surface area contributed by atoms with E-state index in [1.165, 1.54) is 12.1 Å². The Balaban J connectivity index is 2.49. The Kier molecular flexibility index (Phi) is 7.62. The second-order valence-corrected chi connectivity index (χ2v) is 9.58. The number of sulfone groups is 1. The molecule has 2 N–H and O–H groups in total. The molecule has 0 unspecified atom stereocenters. The Morgan fingerprint density at radius 2 is 1.76 bits per heavy atom. The average Bonchev–Trinajstić information content (AvgIpc) is 2.65. The molecule has 1 heterocycles. The van der Waals surface area contributed by atoms with Crippen molar-refractivity contribution in [2.24, 2.45) is 0 Å². The molecule has 29 heavy (non-hydrogen) atoms. The van der Waals surface area contributed by atoms with E-state index in [0.29, 0.717) is 23.3 Å². The molecule has 0 atom stereocenters. The third-order valence-electron chi connectivity index (χ3n) is 4.09. The van der Waals surface area contributed by atoms with Gasteiger partial charge < -0.3 is 19.7 Å². The van der Waals surface area contributed by atoms with Crippen LogP contribution in [0.3, 0.4) is 0 Å². The Labute approximate surface area is 172 Å². The number of hydrogen-bond donors (Lipinski definition) is 2. The molecule has 1 aromatic heterocycles. The Hall–Kier alpha value is -2.16. The van der Waals surface area contributed by atoms with Crippen LogP contribution in [0.2, 0.25) is 0 Å². The molecule has 0 aliphatic carbocycles. The van der Waals surface area contributed by atoms with Gasteiger partial charge in [-0.3, -0.25) is 0 Å². The Morgan fingerprint density at radius 1 is 1.10 bits per heavy atom.